The zero-order valence-electron chi connectivity index (χ0n) is 9.51. The normalized spacial score (nSPS) is 10.7. The fourth-order valence-corrected chi connectivity index (χ4v) is 1.29. The van der Waals surface area contributed by atoms with E-state index in [1.54, 1.807) is 6.07 Å². The summed E-state index contributed by atoms with van der Waals surface area (Å²) in [5.74, 6) is 0.482. The molecule has 0 unspecified atom stereocenters. The number of rotatable bonds is 5. The highest BCUT2D eigenvalue weighted by atomic mass is 19.1. The van der Waals surface area contributed by atoms with Crippen LogP contribution >= 0.6 is 0 Å². The van der Waals surface area contributed by atoms with Crippen LogP contribution in [0.15, 0.2) is 18.2 Å². The molecule has 0 saturated carbocycles. The number of benzene rings is 1. The molecule has 0 aliphatic carbocycles. The van der Waals surface area contributed by atoms with Gasteiger partial charge in [-0.2, -0.15) is 0 Å². The number of hydrogen-bond donors (Lipinski definition) is 1. The lowest BCUT2D eigenvalue weighted by Gasteiger charge is -2.13. The summed E-state index contributed by atoms with van der Waals surface area (Å²) < 4.78 is 18.9. The van der Waals surface area contributed by atoms with Crippen LogP contribution in [-0.2, 0) is 6.54 Å². The van der Waals surface area contributed by atoms with E-state index >= 15 is 0 Å². The van der Waals surface area contributed by atoms with Gasteiger partial charge in [0, 0.05) is 12.1 Å². The molecule has 0 aromatic heterocycles. The number of nitrogens with one attached hydrogen (secondary N) is 1. The van der Waals surface area contributed by atoms with Gasteiger partial charge in [0.1, 0.15) is 0 Å². The van der Waals surface area contributed by atoms with Gasteiger partial charge in [-0.3, -0.25) is 0 Å². The molecule has 1 rings (SSSR count). The molecule has 2 nitrogen and oxygen atoms in total. The van der Waals surface area contributed by atoms with Crippen LogP contribution in [0.5, 0.6) is 5.75 Å². The molecular formula is C12H18FNO. The van der Waals surface area contributed by atoms with Gasteiger partial charge in [-0.25, -0.2) is 4.39 Å². The van der Waals surface area contributed by atoms with E-state index in [4.69, 9.17) is 4.74 Å². The predicted molar refractivity (Wildman–Crippen MR) is 59.5 cm³/mol. The summed E-state index contributed by atoms with van der Waals surface area (Å²) in [6.07, 6.45) is 0. The van der Waals surface area contributed by atoms with Crippen molar-refractivity contribution >= 4 is 0 Å². The largest absolute Gasteiger partial charge is 0.490 e. The molecule has 0 aliphatic rings. The maximum atomic E-state index is 13.5. The van der Waals surface area contributed by atoms with Crippen LogP contribution in [0.1, 0.15) is 19.4 Å². The Kier molecular flexibility index (Phi) is 4.56. The molecule has 0 saturated heterocycles. The Morgan fingerprint density at radius 3 is 2.73 bits per heavy atom. The second-order valence-corrected chi connectivity index (χ2v) is 3.96. The summed E-state index contributed by atoms with van der Waals surface area (Å²) in [4.78, 5) is 0. The average molecular weight is 211 g/mol. The minimum atomic E-state index is -0.289. The van der Waals surface area contributed by atoms with Gasteiger partial charge >= 0.3 is 0 Å². The van der Waals surface area contributed by atoms with E-state index in [1.807, 2.05) is 27.0 Å². The quantitative estimate of drug-likeness (QED) is 0.808. The minimum Gasteiger partial charge on any atom is -0.490 e. The van der Waals surface area contributed by atoms with Crippen molar-refractivity contribution in [1.29, 1.82) is 0 Å². The molecule has 3 heteroatoms. The molecule has 0 spiro atoms. The molecule has 1 N–H and O–H groups in total. The SMILES string of the molecule is CNCc1cccc(F)c1OCC(C)C. The van der Waals surface area contributed by atoms with Crippen LogP contribution in [0.25, 0.3) is 0 Å². The summed E-state index contributed by atoms with van der Waals surface area (Å²) in [6.45, 7) is 5.24. The fourth-order valence-electron chi connectivity index (χ4n) is 1.29. The predicted octanol–water partition coefficient (Wildman–Crippen LogP) is 2.58. The van der Waals surface area contributed by atoms with E-state index in [1.165, 1.54) is 6.07 Å². The maximum Gasteiger partial charge on any atom is 0.165 e. The molecule has 0 atom stereocenters. The van der Waals surface area contributed by atoms with E-state index in [0.29, 0.717) is 24.8 Å². The van der Waals surface area contributed by atoms with Crippen molar-refractivity contribution in [3.8, 4) is 5.75 Å². The van der Waals surface area contributed by atoms with Crippen LogP contribution in [0.3, 0.4) is 0 Å². The molecule has 0 aliphatic heterocycles. The number of ether oxygens (including phenoxy) is 1. The molecule has 0 amide bonds. The Labute approximate surface area is 90.4 Å². The zero-order valence-corrected chi connectivity index (χ0v) is 9.51. The number of halogens is 1. The Bertz CT molecular complexity index is 312. The van der Waals surface area contributed by atoms with Gasteiger partial charge in [0.25, 0.3) is 0 Å². The van der Waals surface area contributed by atoms with Gasteiger partial charge in [0.05, 0.1) is 6.61 Å². The fraction of sp³-hybridized carbons (Fsp3) is 0.500. The van der Waals surface area contributed by atoms with Crippen molar-refractivity contribution in [3.05, 3.63) is 29.6 Å². The van der Waals surface area contributed by atoms with Gasteiger partial charge in [-0.05, 0) is 19.0 Å². The highest BCUT2D eigenvalue weighted by Crippen LogP contribution is 2.23. The molecule has 0 radical (unpaired) electrons. The lowest BCUT2D eigenvalue weighted by Crippen LogP contribution is -2.11. The molecule has 0 fully saturated rings. The number of hydrogen-bond acceptors (Lipinski definition) is 2. The Balaban J connectivity index is 2.81. The van der Waals surface area contributed by atoms with E-state index in [9.17, 15) is 4.39 Å². The van der Waals surface area contributed by atoms with Crippen LogP contribution in [-0.4, -0.2) is 13.7 Å². The number of para-hydroxylation sites is 1. The van der Waals surface area contributed by atoms with Crippen LogP contribution < -0.4 is 10.1 Å². The van der Waals surface area contributed by atoms with E-state index in [0.717, 1.165) is 5.56 Å². The van der Waals surface area contributed by atoms with Crippen molar-refractivity contribution in [3.63, 3.8) is 0 Å². The molecule has 1 aromatic rings. The third kappa shape index (κ3) is 3.51. The highest BCUT2D eigenvalue weighted by molar-refractivity contribution is 5.34. The van der Waals surface area contributed by atoms with Crippen molar-refractivity contribution in [2.75, 3.05) is 13.7 Å². The third-order valence-electron chi connectivity index (χ3n) is 1.98. The highest BCUT2D eigenvalue weighted by Gasteiger charge is 2.09. The monoisotopic (exact) mass is 211 g/mol. The molecular weight excluding hydrogens is 193 g/mol. The molecule has 84 valence electrons. The Hall–Kier alpha value is -1.09. The lowest BCUT2D eigenvalue weighted by molar-refractivity contribution is 0.256. The minimum absolute atomic E-state index is 0.289. The van der Waals surface area contributed by atoms with Crippen molar-refractivity contribution in [2.45, 2.75) is 20.4 Å². The van der Waals surface area contributed by atoms with Crippen molar-refractivity contribution in [1.82, 2.24) is 5.32 Å². The average Bonchev–Trinajstić information content (AvgIpc) is 2.17. The van der Waals surface area contributed by atoms with E-state index in [-0.39, 0.29) is 5.82 Å². The topological polar surface area (TPSA) is 21.3 Å². The third-order valence-corrected chi connectivity index (χ3v) is 1.98. The van der Waals surface area contributed by atoms with Crippen LogP contribution in [0, 0.1) is 11.7 Å². The molecule has 1 aromatic carbocycles. The summed E-state index contributed by atoms with van der Waals surface area (Å²) in [6, 6.07) is 4.99. The van der Waals surface area contributed by atoms with Crippen molar-refractivity contribution < 1.29 is 9.13 Å². The maximum absolute atomic E-state index is 13.5. The van der Waals surface area contributed by atoms with Gasteiger partial charge in [-0.15, -0.1) is 0 Å². The molecule has 15 heavy (non-hydrogen) atoms. The Morgan fingerprint density at radius 2 is 2.13 bits per heavy atom. The van der Waals surface area contributed by atoms with Gasteiger partial charge < -0.3 is 10.1 Å². The first-order chi connectivity index (χ1) is 7.15. The second kappa shape index (κ2) is 5.71. The summed E-state index contributed by atoms with van der Waals surface area (Å²) in [7, 11) is 1.83. The second-order valence-electron chi connectivity index (χ2n) is 3.96. The lowest BCUT2D eigenvalue weighted by atomic mass is 10.2. The standard InChI is InChI=1S/C12H18FNO/c1-9(2)8-15-12-10(7-14-3)5-4-6-11(12)13/h4-6,9,14H,7-8H2,1-3H3. The first-order valence-electron chi connectivity index (χ1n) is 5.20. The molecule has 0 heterocycles. The first-order valence-corrected chi connectivity index (χ1v) is 5.20. The van der Waals surface area contributed by atoms with Crippen LogP contribution in [0.2, 0.25) is 0 Å². The van der Waals surface area contributed by atoms with Gasteiger partial charge in [0.15, 0.2) is 11.6 Å². The molecule has 0 bridgehead atoms. The van der Waals surface area contributed by atoms with Gasteiger partial charge in [-0.1, -0.05) is 26.0 Å². The Morgan fingerprint density at radius 1 is 1.40 bits per heavy atom. The van der Waals surface area contributed by atoms with Crippen LogP contribution in [0.4, 0.5) is 4.39 Å². The smallest absolute Gasteiger partial charge is 0.165 e. The summed E-state index contributed by atoms with van der Waals surface area (Å²) >= 11 is 0. The van der Waals surface area contributed by atoms with E-state index < -0.39 is 0 Å². The van der Waals surface area contributed by atoms with E-state index in [2.05, 4.69) is 5.32 Å². The first kappa shape index (κ1) is 12.0. The van der Waals surface area contributed by atoms with Crippen molar-refractivity contribution in [2.24, 2.45) is 5.92 Å². The summed E-state index contributed by atoms with van der Waals surface area (Å²) in [5.41, 5.74) is 0.859. The zero-order chi connectivity index (χ0) is 11.3. The van der Waals surface area contributed by atoms with Gasteiger partial charge in [0.2, 0.25) is 0 Å². The summed E-state index contributed by atoms with van der Waals surface area (Å²) in [5, 5.41) is 2.99.